The standard InChI is InChI=1S/C20H14N2O/c1-2-6-15(7-3-1)16-9-11-19-18(14-16)22-20(23-19)12-10-17-8-4-5-13-21-17/h1-14H. The molecule has 0 radical (unpaired) electrons. The lowest BCUT2D eigenvalue weighted by Gasteiger charge is -1.99. The third-order valence-corrected chi connectivity index (χ3v) is 3.60. The van der Waals surface area contributed by atoms with Gasteiger partial charge in [0.05, 0.1) is 5.69 Å². The van der Waals surface area contributed by atoms with Gasteiger partial charge in [0.2, 0.25) is 5.89 Å². The fraction of sp³-hybridized carbons (Fsp3) is 0. The van der Waals surface area contributed by atoms with Crippen LogP contribution in [0.5, 0.6) is 0 Å². The second-order valence-corrected chi connectivity index (χ2v) is 5.19. The van der Waals surface area contributed by atoms with E-state index >= 15 is 0 Å². The maximum atomic E-state index is 5.75. The molecule has 0 N–H and O–H groups in total. The minimum Gasteiger partial charge on any atom is -0.437 e. The number of nitrogens with zero attached hydrogens (tertiary/aromatic N) is 2. The van der Waals surface area contributed by atoms with E-state index in [4.69, 9.17) is 4.42 Å². The van der Waals surface area contributed by atoms with Crippen molar-refractivity contribution in [2.24, 2.45) is 0 Å². The van der Waals surface area contributed by atoms with Gasteiger partial charge in [-0.05, 0) is 41.5 Å². The molecule has 0 spiro atoms. The number of pyridine rings is 1. The summed E-state index contributed by atoms with van der Waals surface area (Å²) in [6, 6.07) is 22.1. The highest BCUT2D eigenvalue weighted by atomic mass is 16.3. The summed E-state index contributed by atoms with van der Waals surface area (Å²) in [5, 5.41) is 0. The van der Waals surface area contributed by atoms with Crippen molar-refractivity contribution in [1.29, 1.82) is 0 Å². The monoisotopic (exact) mass is 298 g/mol. The molecule has 4 aromatic rings. The first-order chi connectivity index (χ1) is 11.4. The molecule has 0 aliphatic carbocycles. The van der Waals surface area contributed by atoms with Gasteiger partial charge < -0.3 is 4.42 Å². The molecular formula is C20H14N2O. The van der Waals surface area contributed by atoms with Crippen molar-refractivity contribution in [3.8, 4) is 11.1 Å². The molecule has 0 bridgehead atoms. The predicted octanol–water partition coefficient (Wildman–Crippen LogP) is 5.06. The van der Waals surface area contributed by atoms with Gasteiger partial charge in [0, 0.05) is 12.3 Å². The van der Waals surface area contributed by atoms with E-state index < -0.39 is 0 Å². The molecule has 23 heavy (non-hydrogen) atoms. The molecule has 0 saturated carbocycles. The third-order valence-electron chi connectivity index (χ3n) is 3.60. The highest BCUT2D eigenvalue weighted by Gasteiger charge is 2.05. The summed E-state index contributed by atoms with van der Waals surface area (Å²) in [7, 11) is 0. The van der Waals surface area contributed by atoms with E-state index in [1.165, 1.54) is 5.56 Å². The SMILES string of the molecule is C(=Cc1nc2cc(-c3ccccc3)ccc2o1)c1ccccn1. The van der Waals surface area contributed by atoms with Crippen molar-refractivity contribution < 1.29 is 4.42 Å². The molecule has 2 aromatic heterocycles. The van der Waals surface area contributed by atoms with Crippen molar-refractivity contribution in [1.82, 2.24) is 9.97 Å². The van der Waals surface area contributed by atoms with Crippen molar-refractivity contribution >= 4 is 23.3 Å². The van der Waals surface area contributed by atoms with Gasteiger partial charge >= 0.3 is 0 Å². The highest BCUT2D eigenvalue weighted by Crippen LogP contribution is 2.25. The molecule has 0 aliphatic rings. The number of hydrogen-bond donors (Lipinski definition) is 0. The molecule has 0 fully saturated rings. The largest absolute Gasteiger partial charge is 0.437 e. The van der Waals surface area contributed by atoms with Gasteiger partial charge in [-0.3, -0.25) is 4.98 Å². The number of hydrogen-bond acceptors (Lipinski definition) is 3. The lowest BCUT2D eigenvalue weighted by atomic mass is 10.1. The van der Waals surface area contributed by atoms with E-state index in [1.54, 1.807) is 6.20 Å². The summed E-state index contributed by atoms with van der Waals surface area (Å²) in [5.74, 6) is 0.580. The molecule has 0 unspecified atom stereocenters. The van der Waals surface area contributed by atoms with Crippen LogP contribution >= 0.6 is 0 Å². The maximum Gasteiger partial charge on any atom is 0.220 e. The zero-order valence-electron chi connectivity index (χ0n) is 12.4. The Bertz CT molecular complexity index is 957. The van der Waals surface area contributed by atoms with Crippen molar-refractivity contribution in [3.63, 3.8) is 0 Å². The number of benzene rings is 2. The predicted molar refractivity (Wildman–Crippen MR) is 92.6 cm³/mol. The topological polar surface area (TPSA) is 38.9 Å². The Morgan fingerprint density at radius 3 is 2.48 bits per heavy atom. The van der Waals surface area contributed by atoms with Crippen LogP contribution in [-0.4, -0.2) is 9.97 Å². The van der Waals surface area contributed by atoms with E-state index in [0.29, 0.717) is 5.89 Å². The summed E-state index contributed by atoms with van der Waals surface area (Å²) in [5.41, 5.74) is 4.81. The van der Waals surface area contributed by atoms with Gasteiger partial charge in [-0.25, -0.2) is 4.98 Å². The minimum atomic E-state index is 0.580. The van der Waals surface area contributed by atoms with E-state index in [2.05, 4.69) is 28.2 Å². The average molecular weight is 298 g/mol. The Kier molecular flexibility index (Phi) is 3.45. The van der Waals surface area contributed by atoms with E-state index in [0.717, 1.165) is 22.4 Å². The fourth-order valence-electron chi connectivity index (χ4n) is 2.46. The average Bonchev–Trinajstić information content (AvgIpc) is 3.04. The smallest absolute Gasteiger partial charge is 0.220 e. The van der Waals surface area contributed by atoms with E-state index in [1.807, 2.05) is 60.7 Å². The second-order valence-electron chi connectivity index (χ2n) is 5.19. The summed E-state index contributed by atoms with van der Waals surface area (Å²) < 4.78 is 5.75. The normalized spacial score (nSPS) is 11.3. The first-order valence-electron chi connectivity index (χ1n) is 7.44. The lowest BCUT2D eigenvalue weighted by molar-refractivity contribution is 0.589. The van der Waals surface area contributed by atoms with Crippen molar-refractivity contribution in [2.45, 2.75) is 0 Å². The first kappa shape index (κ1) is 13.5. The molecule has 0 aliphatic heterocycles. The number of oxazole rings is 1. The van der Waals surface area contributed by atoms with Gasteiger partial charge in [0.1, 0.15) is 5.52 Å². The number of fused-ring (bicyclic) bond motifs is 1. The van der Waals surface area contributed by atoms with Crippen molar-refractivity contribution in [3.05, 3.63) is 84.5 Å². The number of aromatic nitrogens is 2. The van der Waals surface area contributed by atoms with Crippen LogP contribution in [0, 0.1) is 0 Å². The molecule has 0 saturated heterocycles. The van der Waals surface area contributed by atoms with Crippen LogP contribution in [0.1, 0.15) is 11.6 Å². The highest BCUT2D eigenvalue weighted by molar-refractivity contribution is 5.81. The van der Waals surface area contributed by atoms with Crippen LogP contribution in [0.4, 0.5) is 0 Å². The van der Waals surface area contributed by atoms with Gasteiger partial charge in [-0.1, -0.05) is 42.5 Å². The lowest BCUT2D eigenvalue weighted by Crippen LogP contribution is -1.77. The van der Waals surface area contributed by atoms with Crippen LogP contribution in [0.2, 0.25) is 0 Å². The van der Waals surface area contributed by atoms with E-state index in [-0.39, 0.29) is 0 Å². The summed E-state index contributed by atoms with van der Waals surface area (Å²) in [6.45, 7) is 0. The first-order valence-corrected chi connectivity index (χ1v) is 7.44. The molecule has 3 heteroatoms. The van der Waals surface area contributed by atoms with E-state index in [9.17, 15) is 0 Å². The maximum absolute atomic E-state index is 5.75. The second kappa shape index (κ2) is 5.89. The molecule has 4 rings (SSSR count). The molecule has 0 atom stereocenters. The van der Waals surface area contributed by atoms with Crippen LogP contribution in [-0.2, 0) is 0 Å². The molecule has 2 aromatic carbocycles. The minimum absolute atomic E-state index is 0.580. The molecule has 0 amide bonds. The molecular weight excluding hydrogens is 284 g/mol. The summed E-state index contributed by atoms with van der Waals surface area (Å²) in [6.07, 6.45) is 5.49. The van der Waals surface area contributed by atoms with Gasteiger partial charge in [0.15, 0.2) is 5.58 Å². The quantitative estimate of drug-likeness (QED) is 0.530. The van der Waals surface area contributed by atoms with Gasteiger partial charge in [0.25, 0.3) is 0 Å². The summed E-state index contributed by atoms with van der Waals surface area (Å²) >= 11 is 0. The number of rotatable bonds is 3. The zero-order chi connectivity index (χ0) is 15.5. The Hall–Kier alpha value is -3.20. The van der Waals surface area contributed by atoms with Crippen molar-refractivity contribution in [2.75, 3.05) is 0 Å². The van der Waals surface area contributed by atoms with Gasteiger partial charge in [-0.2, -0.15) is 0 Å². The van der Waals surface area contributed by atoms with Crippen LogP contribution < -0.4 is 0 Å². The third kappa shape index (κ3) is 2.90. The molecule has 110 valence electrons. The Morgan fingerprint density at radius 2 is 1.65 bits per heavy atom. The Labute approximate surface area is 134 Å². The molecule has 3 nitrogen and oxygen atoms in total. The van der Waals surface area contributed by atoms with Gasteiger partial charge in [-0.15, -0.1) is 0 Å². The Morgan fingerprint density at radius 1 is 0.783 bits per heavy atom. The van der Waals surface area contributed by atoms with Crippen LogP contribution in [0.15, 0.2) is 77.3 Å². The molecule has 2 heterocycles. The van der Waals surface area contributed by atoms with Crippen LogP contribution in [0.25, 0.3) is 34.4 Å². The summed E-state index contributed by atoms with van der Waals surface area (Å²) in [4.78, 5) is 8.78. The Balaban J connectivity index is 1.67. The van der Waals surface area contributed by atoms with Crippen LogP contribution in [0.3, 0.4) is 0 Å². The zero-order valence-corrected chi connectivity index (χ0v) is 12.4. The fourth-order valence-corrected chi connectivity index (χ4v) is 2.46.